The highest BCUT2D eigenvalue weighted by Gasteiger charge is 2.21. The first-order valence-corrected chi connectivity index (χ1v) is 18.2. The van der Waals surface area contributed by atoms with Crippen LogP contribution in [0.25, 0.3) is 21.5 Å². The van der Waals surface area contributed by atoms with Crippen molar-refractivity contribution < 1.29 is 48.8 Å². The molecule has 0 amide bonds. The molecule has 1 aromatic heterocycles. The van der Waals surface area contributed by atoms with Gasteiger partial charge >= 0.3 is 5.97 Å². The largest absolute Gasteiger partial charge is 0.478 e. The second kappa shape index (κ2) is 12.6. The summed E-state index contributed by atoms with van der Waals surface area (Å²) in [5.74, 6) is -1.61. The van der Waals surface area contributed by atoms with E-state index < -0.39 is 46.1 Å². The number of nitrogens with zero attached hydrogens (tertiary/aromatic N) is 3. The van der Waals surface area contributed by atoms with E-state index in [1.54, 1.807) is 18.2 Å². The van der Waals surface area contributed by atoms with Crippen LogP contribution < -0.4 is 16.0 Å². The number of carbonyl (C=O) groups is 1. The van der Waals surface area contributed by atoms with Crippen molar-refractivity contribution in [1.82, 2.24) is 15.0 Å². The van der Waals surface area contributed by atoms with E-state index in [2.05, 4.69) is 30.9 Å². The summed E-state index contributed by atoms with van der Waals surface area (Å²) < 4.78 is 100. The third kappa shape index (κ3) is 7.29. The number of benzene rings is 5. The molecule has 0 aliphatic heterocycles. The summed E-state index contributed by atoms with van der Waals surface area (Å²) in [6.07, 6.45) is 0. The molecular weight excluding hydrogens is 717 g/mol. The van der Waals surface area contributed by atoms with Gasteiger partial charge in [0.15, 0.2) is 0 Å². The monoisotopic (exact) mass is 738 g/mol. The van der Waals surface area contributed by atoms with Crippen molar-refractivity contribution in [1.29, 1.82) is 0 Å². The molecule has 0 bridgehead atoms. The molecule has 7 N–H and O–H groups in total. The van der Waals surface area contributed by atoms with Gasteiger partial charge in [-0.1, -0.05) is 36.4 Å². The highest BCUT2D eigenvalue weighted by molar-refractivity contribution is 7.87. The summed E-state index contributed by atoms with van der Waals surface area (Å²) in [5.41, 5.74) is 0.594. The lowest BCUT2D eigenvalue weighted by atomic mass is 10.1. The van der Waals surface area contributed by atoms with Gasteiger partial charge < -0.3 is 21.1 Å². The Bertz CT molecular complexity index is 2710. The van der Waals surface area contributed by atoms with Gasteiger partial charge in [-0.15, -0.1) is 0 Å². The van der Waals surface area contributed by atoms with Crippen LogP contribution in [-0.4, -0.2) is 64.9 Å². The van der Waals surface area contributed by atoms with Crippen molar-refractivity contribution >= 4 is 92.8 Å². The molecule has 0 spiro atoms. The van der Waals surface area contributed by atoms with Crippen molar-refractivity contribution in [3.05, 3.63) is 96.6 Å². The highest BCUT2D eigenvalue weighted by Crippen LogP contribution is 2.31. The SMILES string of the molecule is O=C(O)c1ccccc1Nc1nc(Nc2ccc3c(S(=O)(=O)O)cccc3c2)nc(Nc2ccc3c(S(=O)(=O)O)cc(S(=O)(=O)O)cc3c2)n1. The molecule has 5 aromatic carbocycles. The predicted molar refractivity (Wildman–Crippen MR) is 180 cm³/mol. The molecule has 17 nitrogen and oxygen atoms in total. The summed E-state index contributed by atoms with van der Waals surface area (Å²) in [7, 11) is -14.3. The first kappa shape index (κ1) is 34.1. The van der Waals surface area contributed by atoms with E-state index in [1.807, 2.05) is 0 Å². The Morgan fingerprint density at radius 1 is 0.540 bits per heavy atom. The Labute approximate surface area is 282 Å². The first-order chi connectivity index (χ1) is 23.5. The molecule has 0 unspecified atom stereocenters. The van der Waals surface area contributed by atoms with Crippen LogP contribution in [0.2, 0.25) is 0 Å². The average molecular weight is 739 g/mol. The number of para-hydroxylation sites is 1. The number of anilines is 6. The number of carboxylic acid groups (broad SMARTS) is 1. The maximum absolute atomic E-state index is 12.0. The summed E-state index contributed by atoms with van der Waals surface area (Å²) in [6, 6.07) is 20.4. The summed E-state index contributed by atoms with van der Waals surface area (Å²) in [4.78, 5) is 23.0. The van der Waals surface area contributed by atoms with Crippen LogP contribution in [0.4, 0.5) is 34.9 Å². The second-order valence-corrected chi connectivity index (χ2v) is 14.7. The molecule has 0 fully saturated rings. The number of rotatable bonds is 10. The van der Waals surface area contributed by atoms with Crippen LogP contribution in [0, 0.1) is 0 Å². The molecule has 0 aliphatic carbocycles. The van der Waals surface area contributed by atoms with Gasteiger partial charge in [0.1, 0.15) is 9.79 Å². The lowest BCUT2D eigenvalue weighted by Gasteiger charge is -2.14. The molecule has 0 radical (unpaired) electrons. The number of nitrogens with one attached hydrogen (secondary N) is 3. The highest BCUT2D eigenvalue weighted by atomic mass is 32.2. The van der Waals surface area contributed by atoms with E-state index in [4.69, 9.17) is 0 Å². The molecule has 256 valence electrons. The number of hydrogen-bond donors (Lipinski definition) is 7. The van der Waals surface area contributed by atoms with Crippen LogP contribution in [0.1, 0.15) is 10.4 Å². The number of aromatic carboxylic acids is 1. The molecule has 20 heteroatoms. The molecular formula is C30H22N6O11S3. The minimum absolute atomic E-state index is 0.0145. The fraction of sp³-hybridized carbons (Fsp3) is 0. The van der Waals surface area contributed by atoms with E-state index in [9.17, 15) is 48.8 Å². The van der Waals surface area contributed by atoms with Crippen LogP contribution >= 0.6 is 0 Å². The molecule has 0 saturated heterocycles. The summed E-state index contributed by atoms with van der Waals surface area (Å²) in [5, 5.41) is 18.9. The number of aromatic nitrogens is 3. The van der Waals surface area contributed by atoms with E-state index in [0.717, 1.165) is 6.07 Å². The predicted octanol–water partition coefficient (Wildman–Crippen LogP) is 4.85. The van der Waals surface area contributed by atoms with Gasteiger partial charge in [-0.3, -0.25) is 13.7 Å². The van der Waals surface area contributed by atoms with Crippen molar-refractivity contribution in [2.45, 2.75) is 14.7 Å². The zero-order valence-electron chi connectivity index (χ0n) is 24.9. The Hall–Kier alpha value is -5.77. The van der Waals surface area contributed by atoms with Gasteiger partial charge in [-0.2, -0.15) is 40.2 Å². The lowest BCUT2D eigenvalue weighted by molar-refractivity contribution is 0.0698. The molecule has 0 saturated carbocycles. The third-order valence-electron chi connectivity index (χ3n) is 7.13. The molecule has 50 heavy (non-hydrogen) atoms. The van der Waals surface area contributed by atoms with E-state index >= 15 is 0 Å². The van der Waals surface area contributed by atoms with Crippen LogP contribution in [0.5, 0.6) is 0 Å². The standard InChI is InChI=1S/C30H22N6O11S3/c37-27(38)23-5-1-2-6-24(23)33-30-35-28(31-18-8-10-21-16(12-18)4-3-7-25(21)49(42,43)44)34-29(36-30)32-19-9-11-22-17(13-19)14-20(48(39,40)41)15-26(22)50(45,46)47/h1-15H,(H,37,38)(H,39,40,41)(H,42,43,44)(H,45,46,47)(H3,31,32,33,34,35,36). The maximum Gasteiger partial charge on any atom is 0.337 e. The van der Waals surface area contributed by atoms with Crippen LogP contribution in [-0.2, 0) is 30.4 Å². The number of hydrogen-bond acceptors (Lipinski definition) is 13. The Morgan fingerprint density at radius 3 is 1.64 bits per heavy atom. The van der Waals surface area contributed by atoms with Gasteiger partial charge in [0.25, 0.3) is 30.4 Å². The normalized spacial score (nSPS) is 12.1. The number of carboxylic acids is 1. The maximum atomic E-state index is 12.0. The quantitative estimate of drug-likeness (QED) is 0.0925. The molecule has 1 heterocycles. The Balaban J connectivity index is 1.43. The van der Waals surface area contributed by atoms with Gasteiger partial charge in [0.05, 0.1) is 16.1 Å². The zero-order chi connectivity index (χ0) is 36.0. The van der Waals surface area contributed by atoms with Crippen LogP contribution in [0.3, 0.4) is 0 Å². The first-order valence-electron chi connectivity index (χ1n) is 13.9. The zero-order valence-corrected chi connectivity index (χ0v) is 27.3. The Morgan fingerprint density at radius 2 is 1.08 bits per heavy atom. The minimum atomic E-state index is -4.92. The lowest BCUT2D eigenvalue weighted by Crippen LogP contribution is -2.09. The van der Waals surface area contributed by atoms with Crippen LogP contribution in [0.15, 0.2) is 106 Å². The van der Waals surface area contributed by atoms with E-state index in [-0.39, 0.29) is 55.8 Å². The van der Waals surface area contributed by atoms with Gasteiger partial charge in [0, 0.05) is 22.1 Å². The molecule has 0 atom stereocenters. The number of fused-ring (bicyclic) bond motifs is 2. The summed E-state index contributed by atoms with van der Waals surface area (Å²) in [6.45, 7) is 0. The second-order valence-electron chi connectivity index (χ2n) is 10.5. The van der Waals surface area contributed by atoms with Crippen molar-refractivity contribution in [2.24, 2.45) is 0 Å². The molecule has 0 aliphatic rings. The van der Waals surface area contributed by atoms with E-state index in [1.165, 1.54) is 60.7 Å². The fourth-order valence-electron chi connectivity index (χ4n) is 5.01. The third-order valence-corrected chi connectivity index (χ3v) is 9.77. The molecule has 6 rings (SSSR count). The van der Waals surface area contributed by atoms with E-state index in [0.29, 0.717) is 17.1 Å². The fourth-order valence-corrected chi connectivity index (χ4v) is 7.08. The summed E-state index contributed by atoms with van der Waals surface area (Å²) >= 11 is 0. The Kier molecular flexibility index (Phi) is 8.59. The van der Waals surface area contributed by atoms with Gasteiger partial charge in [-0.25, -0.2) is 4.79 Å². The minimum Gasteiger partial charge on any atom is -0.478 e. The van der Waals surface area contributed by atoms with Crippen molar-refractivity contribution in [3.8, 4) is 0 Å². The van der Waals surface area contributed by atoms with Gasteiger partial charge in [0.2, 0.25) is 17.8 Å². The topological polar surface area (TPSA) is 275 Å². The van der Waals surface area contributed by atoms with Gasteiger partial charge in [-0.05, 0) is 65.4 Å². The smallest absolute Gasteiger partial charge is 0.337 e. The van der Waals surface area contributed by atoms with Crippen molar-refractivity contribution in [2.75, 3.05) is 16.0 Å². The molecule has 6 aromatic rings. The average Bonchev–Trinajstić information content (AvgIpc) is 3.02. The van der Waals surface area contributed by atoms with Crippen molar-refractivity contribution in [3.63, 3.8) is 0 Å².